The molecule has 2 heterocycles. The summed E-state index contributed by atoms with van der Waals surface area (Å²) in [4.78, 5) is 3.35. The lowest BCUT2D eigenvalue weighted by Crippen LogP contribution is -2.10. The van der Waals surface area contributed by atoms with Gasteiger partial charge < -0.3 is 4.98 Å². The van der Waals surface area contributed by atoms with E-state index in [4.69, 9.17) is 12.2 Å². The smallest absolute Gasteiger partial charge is 0.179 e. The van der Waals surface area contributed by atoms with Gasteiger partial charge in [0.25, 0.3) is 0 Å². The van der Waals surface area contributed by atoms with Crippen LogP contribution in [0.15, 0.2) is 0 Å². The van der Waals surface area contributed by atoms with Gasteiger partial charge in [-0.25, -0.2) is 0 Å². The van der Waals surface area contributed by atoms with Crippen LogP contribution in [0.3, 0.4) is 0 Å². The van der Waals surface area contributed by atoms with E-state index in [1.54, 1.807) is 0 Å². The summed E-state index contributed by atoms with van der Waals surface area (Å²) >= 11 is 5.51. The van der Waals surface area contributed by atoms with Crippen molar-refractivity contribution in [3.63, 3.8) is 0 Å². The molecule has 106 valence electrons. The fourth-order valence-electron chi connectivity index (χ4n) is 2.85. The minimum absolute atomic E-state index is 0.395. The van der Waals surface area contributed by atoms with Gasteiger partial charge in [0.1, 0.15) is 5.52 Å². The minimum atomic E-state index is 0.395. The van der Waals surface area contributed by atoms with Crippen molar-refractivity contribution < 1.29 is 0 Å². The molecule has 0 amide bonds. The van der Waals surface area contributed by atoms with Gasteiger partial charge in [0.2, 0.25) is 0 Å². The second kappa shape index (κ2) is 5.49. The third kappa shape index (κ3) is 2.61. The maximum Gasteiger partial charge on any atom is 0.179 e. The van der Waals surface area contributed by atoms with Gasteiger partial charge in [-0.2, -0.15) is 5.10 Å². The molecule has 1 N–H and O–H groups in total. The number of hydrogen-bond donors (Lipinski definition) is 1. The quantitative estimate of drug-likeness (QED) is 0.841. The second-order valence-electron chi connectivity index (χ2n) is 5.80. The first-order valence-corrected chi connectivity index (χ1v) is 7.52. The lowest BCUT2D eigenvalue weighted by Gasteiger charge is -2.16. The van der Waals surface area contributed by atoms with Gasteiger partial charge in [-0.15, -0.1) is 0 Å². The third-order valence-corrected chi connectivity index (χ3v) is 3.81. The number of nitrogens with zero attached hydrogens (tertiary/aromatic N) is 3. The fourth-order valence-corrected chi connectivity index (χ4v) is 3.21. The van der Waals surface area contributed by atoms with E-state index in [0.29, 0.717) is 12.0 Å². The highest BCUT2D eigenvalue weighted by atomic mass is 32.1. The van der Waals surface area contributed by atoms with Crippen molar-refractivity contribution in [3.05, 3.63) is 10.5 Å². The molecule has 0 aliphatic carbocycles. The molecule has 0 saturated carbocycles. The van der Waals surface area contributed by atoms with Crippen LogP contribution in [-0.4, -0.2) is 19.3 Å². The standard InChI is InChI=1S/C14H24N4S/c1-6-7-11-12-13(17(5)16-11)18(14(19)15-12)10(4)8-9(2)3/h9-10H,6-8H2,1-5H3,(H,15,19). The van der Waals surface area contributed by atoms with Crippen LogP contribution in [-0.2, 0) is 13.5 Å². The van der Waals surface area contributed by atoms with Gasteiger partial charge in [-0.1, -0.05) is 27.2 Å². The lowest BCUT2D eigenvalue weighted by molar-refractivity contribution is 0.427. The molecule has 0 fully saturated rings. The Morgan fingerprint density at radius 3 is 2.58 bits per heavy atom. The molecule has 0 spiro atoms. The minimum Gasteiger partial charge on any atom is -0.328 e. The molecule has 5 heteroatoms. The predicted octanol–water partition coefficient (Wildman–Crippen LogP) is 3.99. The Hall–Kier alpha value is -1.10. The molecule has 2 rings (SSSR count). The number of nitrogens with one attached hydrogen (secondary N) is 1. The molecule has 0 aliphatic heterocycles. The van der Waals surface area contributed by atoms with Crippen molar-refractivity contribution in [1.82, 2.24) is 19.3 Å². The Balaban J connectivity index is 2.55. The Morgan fingerprint density at radius 1 is 1.32 bits per heavy atom. The van der Waals surface area contributed by atoms with Crippen molar-refractivity contribution in [2.24, 2.45) is 13.0 Å². The highest BCUT2D eigenvalue weighted by Crippen LogP contribution is 2.25. The normalized spacial score (nSPS) is 13.6. The molecular weight excluding hydrogens is 256 g/mol. The first-order chi connectivity index (χ1) is 8.95. The van der Waals surface area contributed by atoms with Gasteiger partial charge in [-0.05, 0) is 37.9 Å². The Kier molecular flexibility index (Phi) is 4.13. The van der Waals surface area contributed by atoms with Crippen molar-refractivity contribution in [2.45, 2.75) is 53.0 Å². The molecule has 1 unspecified atom stereocenters. The number of H-pyrrole nitrogens is 1. The number of rotatable bonds is 5. The maximum atomic E-state index is 5.51. The highest BCUT2D eigenvalue weighted by Gasteiger charge is 2.18. The zero-order valence-corrected chi connectivity index (χ0v) is 13.3. The summed E-state index contributed by atoms with van der Waals surface area (Å²) in [6, 6.07) is 0.395. The fraction of sp³-hybridized carbons (Fsp3) is 0.714. The zero-order chi connectivity index (χ0) is 14.2. The van der Waals surface area contributed by atoms with Crippen LogP contribution in [0.4, 0.5) is 0 Å². The maximum absolute atomic E-state index is 5.51. The second-order valence-corrected chi connectivity index (χ2v) is 6.18. The number of aromatic nitrogens is 4. The number of hydrogen-bond acceptors (Lipinski definition) is 2. The van der Waals surface area contributed by atoms with Crippen LogP contribution in [0.25, 0.3) is 11.2 Å². The van der Waals surface area contributed by atoms with Crippen molar-refractivity contribution in [2.75, 3.05) is 0 Å². The zero-order valence-electron chi connectivity index (χ0n) is 12.5. The summed E-state index contributed by atoms with van der Waals surface area (Å²) < 4.78 is 4.99. The molecular formula is C14H24N4S. The SMILES string of the molecule is CCCc1nn(C)c2c1[nH]c(=S)n2C(C)CC(C)C. The molecule has 0 aromatic carbocycles. The van der Waals surface area contributed by atoms with E-state index in [1.807, 2.05) is 11.7 Å². The highest BCUT2D eigenvalue weighted by molar-refractivity contribution is 7.71. The average Bonchev–Trinajstić information content (AvgIpc) is 2.77. The van der Waals surface area contributed by atoms with E-state index in [9.17, 15) is 0 Å². The van der Waals surface area contributed by atoms with Gasteiger partial charge >= 0.3 is 0 Å². The Morgan fingerprint density at radius 2 is 2.00 bits per heavy atom. The van der Waals surface area contributed by atoms with Crippen molar-refractivity contribution in [3.8, 4) is 0 Å². The van der Waals surface area contributed by atoms with Crippen LogP contribution in [0.5, 0.6) is 0 Å². The molecule has 0 aliphatic rings. The molecule has 19 heavy (non-hydrogen) atoms. The van der Waals surface area contributed by atoms with E-state index in [0.717, 1.165) is 40.9 Å². The molecule has 0 radical (unpaired) electrons. The summed E-state index contributed by atoms with van der Waals surface area (Å²) in [5.41, 5.74) is 3.37. The van der Waals surface area contributed by atoms with E-state index in [1.165, 1.54) is 0 Å². The van der Waals surface area contributed by atoms with Crippen molar-refractivity contribution >= 4 is 23.4 Å². The Labute approximate surface area is 119 Å². The first kappa shape index (κ1) is 14.3. The van der Waals surface area contributed by atoms with Crippen LogP contribution in [0, 0.1) is 10.7 Å². The van der Waals surface area contributed by atoms with E-state index >= 15 is 0 Å². The van der Waals surface area contributed by atoms with E-state index < -0.39 is 0 Å². The summed E-state index contributed by atoms with van der Waals surface area (Å²) in [6.45, 7) is 8.90. The number of fused-ring (bicyclic) bond motifs is 1. The van der Waals surface area contributed by atoms with Crippen LogP contribution >= 0.6 is 12.2 Å². The summed E-state index contributed by atoms with van der Waals surface area (Å²) in [5.74, 6) is 0.658. The topological polar surface area (TPSA) is 38.5 Å². The van der Waals surface area contributed by atoms with Gasteiger partial charge in [-0.3, -0.25) is 9.25 Å². The number of imidazole rings is 1. The molecule has 2 aromatic rings. The van der Waals surface area contributed by atoms with Crippen LogP contribution in [0.2, 0.25) is 0 Å². The van der Waals surface area contributed by atoms with Gasteiger partial charge in [0.05, 0.1) is 5.69 Å². The number of aromatic amines is 1. The number of aryl methyl sites for hydroxylation is 2. The summed E-state index contributed by atoms with van der Waals surface area (Å²) in [5, 5.41) is 4.62. The van der Waals surface area contributed by atoms with Gasteiger partial charge in [0.15, 0.2) is 10.4 Å². The van der Waals surface area contributed by atoms with Crippen LogP contribution in [0.1, 0.15) is 52.3 Å². The summed E-state index contributed by atoms with van der Waals surface area (Å²) in [7, 11) is 2.00. The van der Waals surface area contributed by atoms with Crippen molar-refractivity contribution in [1.29, 1.82) is 0 Å². The molecule has 0 bridgehead atoms. The predicted molar refractivity (Wildman–Crippen MR) is 82.0 cm³/mol. The van der Waals surface area contributed by atoms with E-state index in [2.05, 4.69) is 42.3 Å². The molecule has 4 nitrogen and oxygen atoms in total. The Bertz CT molecular complexity index is 617. The van der Waals surface area contributed by atoms with Gasteiger partial charge in [0, 0.05) is 13.1 Å². The average molecular weight is 280 g/mol. The summed E-state index contributed by atoms with van der Waals surface area (Å²) in [6.07, 6.45) is 3.21. The monoisotopic (exact) mass is 280 g/mol. The molecule has 1 atom stereocenters. The first-order valence-electron chi connectivity index (χ1n) is 7.11. The largest absolute Gasteiger partial charge is 0.328 e. The van der Waals surface area contributed by atoms with E-state index in [-0.39, 0.29) is 0 Å². The lowest BCUT2D eigenvalue weighted by atomic mass is 10.1. The molecule has 0 saturated heterocycles. The molecule has 2 aromatic heterocycles. The third-order valence-electron chi connectivity index (χ3n) is 3.51. The van der Waals surface area contributed by atoms with Crippen LogP contribution < -0.4 is 0 Å².